The average Bonchev–Trinajstić information content (AvgIpc) is 3.50. The van der Waals surface area contributed by atoms with Gasteiger partial charge in [-0.2, -0.15) is 0 Å². The lowest BCUT2D eigenvalue weighted by Crippen LogP contribution is -2.29. The molecule has 8 nitrogen and oxygen atoms in total. The minimum absolute atomic E-state index is 0.0232. The zero-order valence-electron chi connectivity index (χ0n) is 19.9. The molecule has 4 aromatic rings. The Morgan fingerprint density at radius 3 is 2.45 bits per heavy atom. The summed E-state index contributed by atoms with van der Waals surface area (Å²) < 4.78 is 5.76. The SMILES string of the molecule is COc1ccc(/C(O)=C2/C(=O)C(=O)N(c3nnc(SCc4ccccc4Cl)s3)C2c2ccc(O)cc2)cc1. The van der Waals surface area contributed by atoms with Gasteiger partial charge in [-0.3, -0.25) is 14.5 Å². The lowest BCUT2D eigenvalue weighted by Gasteiger charge is -2.22. The summed E-state index contributed by atoms with van der Waals surface area (Å²) >= 11 is 8.82. The summed E-state index contributed by atoms with van der Waals surface area (Å²) in [6, 6.07) is 19.1. The molecule has 2 heterocycles. The average molecular weight is 566 g/mol. The molecule has 1 fully saturated rings. The number of amides is 1. The molecule has 0 bridgehead atoms. The van der Waals surface area contributed by atoms with Crippen molar-refractivity contribution in [3.8, 4) is 11.5 Å². The topological polar surface area (TPSA) is 113 Å². The van der Waals surface area contributed by atoms with Crippen LogP contribution in [0.2, 0.25) is 5.02 Å². The first-order valence-electron chi connectivity index (χ1n) is 11.3. The molecule has 5 rings (SSSR count). The van der Waals surface area contributed by atoms with Gasteiger partial charge in [-0.1, -0.05) is 65.0 Å². The standard InChI is InChI=1S/C27H20ClN3O5S2/c1-36-19-12-8-16(9-13-19)23(33)21-22(15-6-10-18(32)11-7-15)31(25(35)24(21)34)26-29-30-27(38-26)37-14-17-4-2-3-5-20(17)28/h2-13,22,32-33H,14H2,1H3/b23-21-. The Morgan fingerprint density at radius 1 is 1.05 bits per heavy atom. The normalized spacial score (nSPS) is 16.7. The van der Waals surface area contributed by atoms with E-state index in [1.165, 1.54) is 35.9 Å². The molecular formula is C27H20ClN3O5S2. The van der Waals surface area contributed by atoms with E-state index in [-0.39, 0.29) is 22.2 Å². The van der Waals surface area contributed by atoms with Crippen molar-refractivity contribution in [2.75, 3.05) is 12.0 Å². The summed E-state index contributed by atoms with van der Waals surface area (Å²) in [5.41, 5.74) is 1.70. The molecule has 0 radical (unpaired) electrons. The van der Waals surface area contributed by atoms with Crippen molar-refractivity contribution in [2.45, 2.75) is 16.1 Å². The van der Waals surface area contributed by atoms with Crippen LogP contribution in [0.3, 0.4) is 0 Å². The first kappa shape index (κ1) is 25.8. The third kappa shape index (κ3) is 4.98. The van der Waals surface area contributed by atoms with Gasteiger partial charge >= 0.3 is 5.91 Å². The van der Waals surface area contributed by atoms with Crippen molar-refractivity contribution < 1.29 is 24.5 Å². The number of thioether (sulfide) groups is 1. The van der Waals surface area contributed by atoms with E-state index in [9.17, 15) is 19.8 Å². The minimum Gasteiger partial charge on any atom is -0.508 e. The van der Waals surface area contributed by atoms with Gasteiger partial charge < -0.3 is 14.9 Å². The van der Waals surface area contributed by atoms with Crippen LogP contribution >= 0.6 is 34.7 Å². The Kier molecular flexibility index (Phi) is 7.37. The molecule has 0 aliphatic carbocycles. The number of aromatic hydroxyl groups is 1. The van der Waals surface area contributed by atoms with Gasteiger partial charge in [0.1, 0.15) is 17.3 Å². The highest BCUT2D eigenvalue weighted by Crippen LogP contribution is 2.44. The zero-order chi connectivity index (χ0) is 26.8. The lowest BCUT2D eigenvalue weighted by molar-refractivity contribution is -0.132. The van der Waals surface area contributed by atoms with Crippen LogP contribution in [0.5, 0.6) is 11.5 Å². The van der Waals surface area contributed by atoms with E-state index in [1.54, 1.807) is 36.4 Å². The molecule has 1 aliphatic rings. The fourth-order valence-corrected chi connectivity index (χ4v) is 6.17. The maximum atomic E-state index is 13.3. The van der Waals surface area contributed by atoms with Crippen molar-refractivity contribution in [1.82, 2.24) is 10.2 Å². The van der Waals surface area contributed by atoms with Crippen molar-refractivity contribution in [3.05, 3.63) is 100 Å². The number of carbonyl (C=O) groups excluding carboxylic acids is 2. The number of aliphatic hydroxyl groups excluding tert-OH is 1. The van der Waals surface area contributed by atoms with E-state index < -0.39 is 17.7 Å². The number of ether oxygens (including phenoxy) is 1. The molecule has 1 aliphatic heterocycles. The number of aliphatic hydroxyl groups is 1. The third-order valence-corrected chi connectivity index (χ3v) is 8.40. The number of benzene rings is 3. The summed E-state index contributed by atoms with van der Waals surface area (Å²) in [6.07, 6.45) is 0. The van der Waals surface area contributed by atoms with Crippen LogP contribution in [0.4, 0.5) is 5.13 Å². The quantitative estimate of drug-likeness (QED) is 0.0947. The van der Waals surface area contributed by atoms with E-state index >= 15 is 0 Å². The van der Waals surface area contributed by atoms with Crippen LogP contribution in [-0.2, 0) is 15.3 Å². The van der Waals surface area contributed by atoms with Crippen LogP contribution < -0.4 is 9.64 Å². The summed E-state index contributed by atoms with van der Waals surface area (Å²) in [6.45, 7) is 0. The van der Waals surface area contributed by atoms with Crippen molar-refractivity contribution in [3.63, 3.8) is 0 Å². The number of nitrogens with zero attached hydrogens (tertiary/aromatic N) is 3. The first-order valence-corrected chi connectivity index (χ1v) is 13.5. The van der Waals surface area contributed by atoms with E-state index in [0.717, 1.165) is 16.9 Å². The van der Waals surface area contributed by atoms with Crippen LogP contribution in [0.25, 0.3) is 5.76 Å². The fraction of sp³-hybridized carbons (Fsp3) is 0.111. The number of hydrogen-bond acceptors (Lipinski definition) is 9. The van der Waals surface area contributed by atoms with Gasteiger partial charge in [0.25, 0.3) is 5.78 Å². The molecule has 1 atom stereocenters. The Bertz CT molecular complexity index is 1540. The van der Waals surface area contributed by atoms with Crippen molar-refractivity contribution in [1.29, 1.82) is 0 Å². The number of phenolic OH excluding ortho intramolecular Hbond substituents is 1. The fourth-order valence-electron chi connectivity index (χ4n) is 4.02. The Hall–Kier alpha value is -3.86. The number of phenols is 1. The molecule has 0 saturated carbocycles. The number of aromatic nitrogens is 2. The molecule has 38 heavy (non-hydrogen) atoms. The van der Waals surface area contributed by atoms with E-state index in [1.807, 2.05) is 24.3 Å². The van der Waals surface area contributed by atoms with E-state index in [2.05, 4.69) is 10.2 Å². The summed E-state index contributed by atoms with van der Waals surface area (Å²) in [5, 5.41) is 30.3. The number of ketones is 1. The molecular weight excluding hydrogens is 546 g/mol. The maximum absolute atomic E-state index is 13.3. The summed E-state index contributed by atoms with van der Waals surface area (Å²) in [5.74, 6) is -0.868. The Balaban J connectivity index is 1.53. The molecule has 192 valence electrons. The highest BCUT2D eigenvalue weighted by molar-refractivity contribution is 8.00. The number of anilines is 1. The number of rotatable bonds is 7. The predicted octanol–water partition coefficient (Wildman–Crippen LogP) is 5.82. The second kappa shape index (κ2) is 10.9. The number of Topliss-reactive ketones (excluding diaryl/α,β-unsaturated/α-hetero) is 1. The van der Waals surface area contributed by atoms with Crippen LogP contribution in [0, 0.1) is 0 Å². The molecule has 0 spiro atoms. The minimum atomic E-state index is -0.980. The predicted molar refractivity (Wildman–Crippen MR) is 147 cm³/mol. The molecule has 1 unspecified atom stereocenters. The van der Waals surface area contributed by atoms with Gasteiger partial charge in [0, 0.05) is 16.3 Å². The van der Waals surface area contributed by atoms with Gasteiger partial charge in [-0.25, -0.2) is 0 Å². The Labute approximate surface area is 231 Å². The Morgan fingerprint density at radius 2 is 1.76 bits per heavy atom. The largest absolute Gasteiger partial charge is 0.508 e. The van der Waals surface area contributed by atoms with Crippen molar-refractivity contribution >= 4 is 57.3 Å². The molecule has 1 aromatic heterocycles. The van der Waals surface area contributed by atoms with E-state index in [4.69, 9.17) is 16.3 Å². The highest BCUT2D eigenvalue weighted by Gasteiger charge is 2.48. The second-order valence-electron chi connectivity index (χ2n) is 8.22. The van der Waals surface area contributed by atoms with E-state index in [0.29, 0.717) is 32.0 Å². The van der Waals surface area contributed by atoms with Gasteiger partial charge in [-0.15, -0.1) is 10.2 Å². The highest BCUT2D eigenvalue weighted by atomic mass is 35.5. The molecule has 11 heteroatoms. The smallest absolute Gasteiger partial charge is 0.301 e. The zero-order valence-corrected chi connectivity index (χ0v) is 22.3. The maximum Gasteiger partial charge on any atom is 0.301 e. The number of carbonyl (C=O) groups is 2. The van der Waals surface area contributed by atoms with Crippen LogP contribution in [-0.4, -0.2) is 39.2 Å². The van der Waals surface area contributed by atoms with Gasteiger partial charge in [0.05, 0.1) is 18.7 Å². The summed E-state index contributed by atoms with van der Waals surface area (Å²) in [4.78, 5) is 27.8. The number of hydrogen-bond donors (Lipinski definition) is 2. The van der Waals surface area contributed by atoms with Gasteiger partial charge in [0.2, 0.25) is 5.13 Å². The first-order chi connectivity index (χ1) is 18.4. The van der Waals surface area contributed by atoms with Gasteiger partial charge in [-0.05, 0) is 53.6 Å². The third-order valence-electron chi connectivity index (χ3n) is 5.93. The summed E-state index contributed by atoms with van der Waals surface area (Å²) in [7, 11) is 1.52. The number of methoxy groups -OCH3 is 1. The molecule has 3 aromatic carbocycles. The van der Waals surface area contributed by atoms with Crippen molar-refractivity contribution in [2.24, 2.45) is 0 Å². The number of halogens is 1. The molecule has 1 amide bonds. The second-order valence-corrected chi connectivity index (χ2v) is 10.8. The molecule has 2 N–H and O–H groups in total. The monoisotopic (exact) mass is 565 g/mol. The van der Waals surface area contributed by atoms with Crippen LogP contribution in [0.1, 0.15) is 22.7 Å². The van der Waals surface area contributed by atoms with Crippen LogP contribution in [0.15, 0.2) is 82.7 Å². The molecule has 1 saturated heterocycles. The lowest BCUT2D eigenvalue weighted by atomic mass is 9.95. The van der Waals surface area contributed by atoms with Gasteiger partial charge in [0.15, 0.2) is 4.34 Å².